The van der Waals surface area contributed by atoms with Crippen molar-refractivity contribution in [2.45, 2.75) is 58.9 Å². The standard InChI is InChI=1S/C19H28N2/c1-3-4-5-6-7-8-13-20-15-17-10-12-19-18(14-17)11-9-16(2)21-19/h9-12,14,20H,3-8,13,15H2,1-2H3. The lowest BCUT2D eigenvalue weighted by atomic mass is 10.1. The van der Waals surface area contributed by atoms with Gasteiger partial charge in [-0.15, -0.1) is 0 Å². The maximum atomic E-state index is 4.54. The molecule has 0 aliphatic heterocycles. The van der Waals surface area contributed by atoms with E-state index in [9.17, 15) is 0 Å². The van der Waals surface area contributed by atoms with E-state index in [4.69, 9.17) is 0 Å². The van der Waals surface area contributed by atoms with Gasteiger partial charge in [0.2, 0.25) is 0 Å². The normalized spacial score (nSPS) is 11.1. The molecule has 1 heterocycles. The summed E-state index contributed by atoms with van der Waals surface area (Å²) in [6, 6.07) is 10.8. The minimum Gasteiger partial charge on any atom is -0.313 e. The highest BCUT2D eigenvalue weighted by molar-refractivity contribution is 5.79. The summed E-state index contributed by atoms with van der Waals surface area (Å²) in [5, 5.41) is 4.78. The van der Waals surface area contributed by atoms with E-state index >= 15 is 0 Å². The minimum absolute atomic E-state index is 0.957. The number of unbranched alkanes of at least 4 members (excludes halogenated alkanes) is 5. The second-order valence-corrected chi connectivity index (χ2v) is 5.92. The van der Waals surface area contributed by atoms with Crippen molar-refractivity contribution in [2.75, 3.05) is 6.54 Å². The zero-order chi connectivity index (χ0) is 14.9. The van der Waals surface area contributed by atoms with Gasteiger partial charge in [0.15, 0.2) is 0 Å². The fraction of sp³-hybridized carbons (Fsp3) is 0.526. The van der Waals surface area contributed by atoms with Crippen LogP contribution in [0.5, 0.6) is 0 Å². The third kappa shape index (κ3) is 5.47. The minimum atomic E-state index is 0.957. The fourth-order valence-electron chi connectivity index (χ4n) is 2.65. The van der Waals surface area contributed by atoms with Crippen LogP contribution in [0.2, 0.25) is 0 Å². The number of fused-ring (bicyclic) bond motifs is 1. The summed E-state index contributed by atoms with van der Waals surface area (Å²) in [5.74, 6) is 0. The molecule has 0 bridgehead atoms. The van der Waals surface area contributed by atoms with Gasteiger partial charge in [0.1, 0.15) is 0 Å². The van der Waals surface area contributed by atoms with Crippen LogP contribution >= 0.6 is 0 Å². The van der Waals surface area contributed by atoms with E-state index in [1.54, 1.807) is 0 Å². The smallest absolute Gasteiger partial charge is 0.0705 e. The molecule has 0 unspecified atom stereocenters. The number of nitrogens with zero attached hydrogens (tertiary/aromatic N) is 1. The Labute approximate surface area is 129 Å². The van der Waals surface area contributed by atoms with Crippen molar-refractivity contribution in [3.05, 3.63) is 41.6 Å². The monoisotopic (exact) mass is 284 g/mol. The molecule has 0 amide bonds. The average molecular weight is 284 g/mol. The van der Waals surface area contributed by atoms with Crippen LogP contribution in [0, 0.1) is 6.92 Å². The Kier molecular flexibility index (Phi) is 6.68. The molecule has 2 nitrogen and oxygen atoms in total. The molecular weight excluding hydrogens is 256 g/mol. The Balaban J connectivity index is 1.70. The maximum Gasteiger partial charge on any atom is 0.0705 e. The second kappa shape index (κ2) is 8.78. The highest BCUT2D eigenvalue weighted by Gasteiger charge is 1.98. The highest BCUT2D eigenvalue weighted by atomic mass is 14.8. The van der Waals surface area contributed by atoms with Gasteiger partial charge in [0, 0.05) is 17.6 Å². The maximum absolute atomic E-state index is 4.54. The number of aromatic nitrogens is 1. The lowest BCUT2D eigenvalue weighted by Crippen LogP contribution is -2.14. The third-order valence-corrected chi connectivity index (χ3v) is 3.93. The molecule has 0 aliphatic carbocycles. The molecule has 2 rings (SSSR count). The molecule has 114 valence electrons. The van der Waals surface area contributed by atoms with Crippen molar-refractivity contribution in [3.63, 3.8) is 0 Å². The van der Waals surface area contributed by atoms with Crippen molar-refractivity contribution >= 4 is 10.9 Å². The molecule has 1 aromatic heterocycles. The number of hydrogen-bond acceptors (Lipinski definition) is 2. The van der Waals surface area contributed by atoms with Crippen LogP contribution in [0.4, 0.5) is 0 Å². The van der Waals surface area contributed by atoms with Crippen LogP contribution in [0.3, 0.4) is 0 Å². The first kappa shape index (κ1) is 16.0. The predicted octanol–water partition coefficient (Wildman–Crippen LogP) is 4.99. The molecule has 0 aliphatic rings. The largest absolute Gasteiger partial charge is 0.313 e. The molecule has 0 spiro atoms. The van der Waals surface area contributed by atoms with E-state index < -0.39 is 0 Å². The molecular formula is C19H28N2. The Morgan fingerprint density at radius 1 is 0.952 bits per heavy atom. The quantitative estimate of drug-likeness (QED) is 0.656. The molecule has 0 saturated carbocycles. The van der Waals surface area contributed by atoms with Crippen LogP contribution in [-0.2, 0) is 6.54 Å². The number of benzene rings is 1. The lowest BCUT2D eigenvalue weighted by molar-refractivity contribution is 0.572. The van der Waals surface area contributed by atoms with Crippen molar-refractivity contribution in [3.8, 4) is 0 Å². The first-order valence-corrected chi connectivity index (χ1v) is 8.36. The summed E-state index contributed by atoms with van der Waals surface area (Å²) >= 11 is 0. The van der Waals surface area contributed by atoms with E-state index in [2.05, 4.69) is 47.6 Å². The zero-order valence-corrected chi connectivity index (χ0v) is 13.5. The first-order chi connectivity index (χ1) is 10.3. The predicted molar refractivity (Wildman–Crippen MR) is 91.6 cm³/mol. The van der Waals surface area contributed by atoms with Crippen molar-refractivity contribution in [1.82, 2.24) is 10.3 Å². The topological polar surface area (TPSA) is 24.9 Å². The van der Waals surface area contributed by atoms with E-state index in [-0.39, 0.29) is 0 Å². The number of aryl methyl sites for hydroxylation is 1. The van der Waals surface area contributed by atoms with E-state index in [1.807, 2.05) is 6.92 Å². The SMILES string of the molecule is CCCCCCCCNCc1ccc2nc(C)ccc2c1. The van der Waals surface area contributed by atoms with Gasteiger partial charge in [-0.05, 0) is 43.7 Å². The Morgan fingerprint density at radius 3 is 2.62 bits per heavy atom. The number of nitrogens with one attached hydrogen (secondary N) is 1. The van der Waals surface area contributed by atoms with Gasteiger partial charge in [0.05, 0.1) is 5.52 Å². The summed E-state index contributed by atoms with van der Waals surface area (Å²) in [5.41, 5.74) is 3.52. The average Bonchev–Trinajstić information content (AvgIpc) is 2.50. The van der Waals surface area contributed by atoms with Gasteiger partial charge in [-0.2, -0.15) is 0 Å². The van der Waals surface area contributed by atoms with E-state index in [1.165, 1.54) is 49.5 Å². The van der Waals surface area contributed by atoms with Crippen molar-refractivity contribution in [1.29, 1.82) is 0 Å². The van der Waals surface area contributed by atoms with Gasteiger partial charge in [0.25, 0.3) is 0 Å². The highest BCUT2D eigenvalue weighted by Crippen LogP contribution is 2.14. The van der Waals surface area contributed by atoms with Gasteiger partial charge in [-0.25, -0.2) is 0 Å². The first-order valence-electron chi connectivity index (χ1n) is 8.36. The van der Waals surface area contributed by atoms with E-state index in [0.717, 1.165) is 24.3 Å². The van der Waals surface area contributed by atoms with Crippen LogP contribution in [0.25, 0.3) is 10.9 Å². The Hall–Kier alpha value is -1.41. The Bertz CT molecular complexity index is 548. The molecule has 1 N–H and O–H groups in total. The van der Waals surface area contributed by atoms with Crippen LogP contribution < -0.4 is 5.32 Å². The molecule has 1 aromatic carbocycles. The molecule has 0 fully saturated rings. The van der Waals surface area contributed by atoms with E-state index in [0.29, 0.717) is 0 Å². The third-order valence-electron chi connectivity index (χ3n) is 3.93. The molecule has 0 saturated heterocycles. The molecule has 0 radical (unpaired) electrons. The molecule has 0 atom stereocenters. The van der Waals surface area contributed by atoms with Gasteiger partial charge in [-0.1, -0.05) is 51.2 Å². The summed E-state index contributed by atoms with van der Waals surface area (Å²) in [7, 11) is 0. The lowest BCUT2D eigenvalue weighted by Gasteiger charge is -2.06. The fourth-order valence-corrected chi connectivity index (χ4v) is 2.65. The number of rotatable bonds is 9. The van der Waals surface area contributed by atoms with Crippen LogP contribution in [-0.4, -0.2) is 11.5 Å². The summed E-state index contributed by atoms with van der Waals surface area (Å²) in [4.78, 5) is 4.54. The summed E-state index contributed by atoms with van der Waals surface area (Å²) < 4.78 is 0. The van der Waals surface area contributed by atoms with Crippen LogP contribution in [0.15, 0.2) is 30.3 Å². The molecule has 21 heavy (non-hydrogen) atoms. The molecule has 2 aromatic rings. The number of hydrogen-bond donors (Lipinski definition) is 1. The van der Waals surface area contributed by atoms with Crippen molar-refractivity contribution in [2.24, 2.45) is 0 Å². The Morgan fingerprint density at radius 2 is 1.76 bits per heavy atom. The number of pyridine rings is 1. The van der Waals surface area contributed by atoms with Gasteiger partial charge in [-0.3, -0.25) is 4.98 Å². The zero-order valence-electron chi connectivity index (χ0n) is 13.5. The molecule has 2 heteroatoms. The van der Waals surface area contributed by atoms with Gasteiger partial charge < -0.3 is 5.32 Å². The van der Waals surface area contributed by atoms with Gasteiger partial charge >= 0.3 is 0 Å². The summed E-state index contributed by atoms with van der Waals surface area (Å²) in [6.07, 6.45) is 8.14. The van der Waals surface area contributed by atoms with Crippen LogP contribution in [0.1, 0.15) is 56.7 Å². The summed E-state index contributed by atoms with van der Waals surface area (Å²) in [6.45, 7) is 6.38. The second-order valence-electron chi connectivity index (χ2n) is 5.92. The van der Waals surface area contributed by atoms with Crippen molar-refractivity contribution < 1.29 is 0 Å².